The van der Waals surface area contributed by atoms with E-state index in [2.05, 4.69) is 24.9 Å². The highest BCUT2D eigenvalue weighted by molar-refractivity contribution is 6.33. The second-order valence-electron chi connectivity index (χ2n) is 10.2. The molecule has 1 aromatic rings. The van der Waals surface area contributed by atoms with Gasteiger partial charge in [-0.3, -0.25) is 14.6 Å². The summed E-state index contributed by atoms with van der Waals surface area (Å²) in [7, 11) is 0. The first-order chi connectivity index (χ1) is 16.9. The van der Waals surface area contributed by atoms with Crippen LogP contribution in [0.15, 0.2) is 28.8 Å². The second kappa shape index (κ2) is 13.1. The van der Waals surface area contributed by atoms with Crippen LogP contribution in [0, 0.1) is 24.2 Å². The Morgan fingerprint density at radius 2 is 1.89 bits per heavy atom. The van der Waals surface area contributed by atoms with E-state index >= 15 is 0 Å². The lowest BCUT2D eigenvalue weighted by molar-refractivity contribution is -0.137. The van der Waals surface area contributed by atoms with Gasteiger partial charge in [-0.1, -0.05) is 62.6 Å². The van der Waals surface area contributed by atoms with Gasteiger partial charge in [0.1, 0.15) is 17.3 Å². The standard InChI is InChI=1S/C29H40ClNO5/c1-18(14-15-29(5)19(2)11-13-24(32)21(29)4)10-12-22-27(35)23(20(3)26(30)28(22)36)17-31-16-8-6-7-9-25(33)34/h10,14-15,17,19,21,35-36H,6-9,11-13,16H2,1-5H3,(H,33,34)/b15-14+,18-10+,31-17?/t19-,21+,29+/m1/s1. The molecule has 1 aromatic carbocycles. The first-order valence-corrected chi connectivity index (χ1v) is 13.1. The third kappa shape index (κ3) is 7.22. The summed E-state index contributed by atoms with van der Waals surface area (Å²) in [6.07, 6.45) is 11.7. The smallest absolute Gasteiger partial charge is 0.303 e. The van der Waals surface area contributed by atoms with E-state index in [9.17, 15) is 19.8 Å². The summed E-state index contributed by atoms with van der Waals surface area (Å²) in [5, 5.41) is 30.4. The number of phenols is 2. The predicted molar refractivity (Wildman–Crippen MR) is 145 cm³/mol. The molecule has 1 aliphatic rings. The number of phenolic OH excluding ortho intramolecular Hbond substituents is 2. The fourth-order valence-corrected chi connectivity index (χ4v) is 4.87. The maximum Gasteiger partial charge on any atom is 0.303 e. The number of carboxylic acids is 1. The molecule has 0 aliphatic heterocycles. The Morgan fingerprint density at radius 3 is 2.56 bits per heavy atom. The number of Topliss-reactive ketones (excluding diaryl/α,β-unsaturated/α-hetero) is 1. The van der Waals surface area contributed by atoms with Gasteiger partial charge < -0.3 is 15.3 Å². The molecule has 0 radical (unpaired) electrons. The monoisotopic (exact) mass is 517 g/mol. The molecule has 1 fully saturated rings. The van der Waals surface area contributed by atoms with Gasteiger partial charge in [-0.15, -0.1) is 0 Å². The predicted octanol–water partition coefficient (Wildman–Crippen LogP) is 6.81. The van der Waals surface area contributed by atoms with Crippen molar-refractivity contribution in [2.75, 3.05) is 6.54 Å². The Kier molecular flexibility index (Phi) is 10.8. The minimum atomic E-state index is -0.799. The number of aliphatic imine (C=N–C) groups is 1. The number of carbonyl (C=O) groups is 2. The Labute approximate surface area is 219 Å². The topological polar surface area (TPSA) is 107 Å². The molecular formula is C29H40ClNO5. The van der Waals surface area contributed by atoms with Crippen molar-refractivity contribution in [2.45, 2.75) is 79.6 Å². The van der Waals surface area contributed by atoms with E-state index in [1.165, 1.54) is 0 Å². The van der Waals surface area contributed by atoms with Crippen LogP contribution in [-0.4, -0.2) is 39.8 Å². The van der Waals surface area contributed by atoms with Gasteiger partial charge in [0, 0.05) is 42.6 Å². The van der Waals surface area contributed by atoms with Crippen LogP contribution in [0.2, 0.25) is 5.02 Å². The fraction of sp³-hybridized carbons (Fsp3) is 0.552. The van der Waals surface area contributed by atoms with Crippen molar-refractivity contribution >= 4 is 29.6 Å². The number of allylic oxidation sites excluding steroid dienone is 4. The highest BCUT2D eigenvalue weighted by Gasteiger charge is 2.41. The zero-order chi connectivity index (χ0) is 27.0. The average molecular weight is 518 g/mol. The Morgan fingerprint density at radius 1 is 1.19 bits per heavy atom. The van der Waals surface area contributed by atoms with Gasteiger partial charge in [0.05, 0.1) is 5.02 Å². The maximum absolute atomic E-state index is 12.3. The van der Waals surface area contributed by atoms with Gasteiger partial charge >= 0.3 is 5.97 Å². The number of rotatable bonds is 11. The molecule has 6 nitrogen and oxygen atoms in total. The number of halogens is 1. The van der Waals surface area contributed by atoms with Crippen LogP contribution in [0.4, 0.5) is 0 Å². The van der Waals surface area contributed by atoms with Crippen LogP contribution >= 0.6 is 11.6 Å². The SMILES string of the molecule is CC(/C=C/[C@@]1(C)[C@H](C)CCC(=O)[C@@H]1C)=C\Cc1c(O)c(Cl)c(C)c(C=NCCCCCC(=O)O)c1O. The molecule has 3 N–H and O–H groups in total. The van der Waals surface area contributed by atoms with Gasteiger partial charge in [-0.05, 0) is 56.4 Å². The molecule has 0 amide bonds. The highest BCUT2D eigenvalue weighted by Crippen LogP contribution is 2.45. The second-order valence-corrected chi connectivity index (χ2v) is 10.6. The summed E-state index contributed by atoms with van der Waals surface area (Å²) in [6.45, 7) is 10.5. The number of ketones is 1. The lowest BCUT2D eigenvalue weighted by atomic mass is 9.61. The molecule has 0 spiro atoms. The van der Waals surface area contributed by atoms with Crippen molar-refractivity contribution in [1.29, 1.82) is 0 Å². The van der Waals surface area contributed by atoms with Crippen molar-refractivity contribution in [3.8, 4) is 11.5 Å². The highest BCUT2D eigenvalue weighted by atomic mass is 35.5. The quantitative estimate of drug-likeness (QED) is 0.170. The number of carbonyl (C=O) groups excluding carboxylic acids is 1. The molecule has 3 atom stereocenters. The number of benzene rings is 1. The first-order valence-electron chi connectivity index (χ1n) is 12.7. The zero-order valence-corrected chi connectivity index (χ0v) is 22.9. The van der Waals surface area contributed by atoms with E-state index < -0.39 is 5.97 Å². The van der Waals surface area contributed by atoms with Gasteiger partial charge in [-0.25, -0.2) is 0 Å². The van der Waals surface area contributed by atoms with E-state index in [-0.39, 0.29) is 40.7 Å². The van der Waals surface area contributed by atoms with Crippen molar-refractivity contribution in [1.82, 2.24) is 0 Å². The summed E-state index contributed by atoms with van der Waals surface area (Å²) >= 11 is 6.37. The summed E-state index contributed by atoms with van der Waals surface area (Å²) in [5.41, 5.74) is 2.10. The van der Waals surface area contributed by atoms with Crippen LogP contribution < -0.4 is 0 Å². The number of hydrogen-bond donors (Lipinski definition) is 3. The first kappa shape index (κ1) is 29.6. The zero-order valence-electron chi connectivity index (χ0n) is 22.1. The Hall–Kier alpha value is -2.60. The number of hydrogen-bond acceptors (Lipinski definition) is 5. The molecule has 0 heterocycles. The molecule has 0 unspecified atom stereocenters. The van der Waals surface area contributed by atoms with Crippen molar-refractivity contribution in [3.05, 3.63) is 45.5 Å². The van der Waals surface area contributed by atoms with E-state index in [1.807, 2.05) is 26.0 Å². The third-order valence-electron chi connectivity index (χ3n) is 7.80. The van der Waals surface area contributed by atoms with E-state index in [4.69, 9.17) is 16.7 Å². The summed E-state index contributed by atoms with van der Waals surface area (Å²) in [4.78, 5) is 27.2. The van der Waals surface area contributed by atoms with Gasteiger partial charge in [0.15, 0.2) is 0 Å². The number of aromatic hydroxyl groups is 2. The molecule has 2 rings (SSSR count). The van der Waals surface area contributed by atoms with Gasteiger partial charge in [0.25, 0.3) is 0 Å². The van der Waals surface area contributed by atoms with Crippen molar-refractivity contribution in [3.63, 3.8) is 0 Å². The molecule has 36 heavy (non-hydrogen) atoms. The van der Waals surface area contributed by atoms with Crippen LogP contribution in [0.1, 0.15) is 82.9 Å². The van der Waals surface area contributed by atoms with E-state index in [0.717, 1.165) is 24.8 Å². The Bertz CT molecular complexity index is 1060. The number of carboxylic acid groups (broad SMARTS) is 1. The molecule has 198 valence electrons. The molecule has 7 heteroatoms. The molecule has 1 aliphatic carbocycles. The molecule has 1 saturated carbocycles. The van der Waals surface area contributed by atoms with E-state index in [1.54, 1.807) is 13.1 Å². The molecule has 0 bridgehead atoms. The molecule has 0 aromatic heterocycles. The molecular weight excluding hydrogens is 478 g/mol. The lowest BCUT2D eigenvalue weighted by Crippen LogP contribution is -2.40. The summed E-state index contributed by atoms with van der Waals surface area (Å²) in [6, 6.07) is 0. The van der Waals surface area contributed by atoms with E-state index in [0.29, 0.717) is 47.8 Å². The average Bonchev–Trinajstić information content (AvgIpc) is 2.83. The largest absolute Gasteiger partial charge is 0.507 e. The summed E-state index contributed by atoms with van der Waals surface area (Å²) < 4.78 is 0. The minimum absolute atomic E-state index is 0.0340. The van der Waals surface area contributed by atoms with Crippen molar-refractivity contribution in [2.24, 2.45) is 22.2 Å². The Balaban J connectivity index is 2.16. The number of unbranched alkanes of at least 4 members (excludes halogenated alkanes) is 2. The van der Waals surface area contributed by atoms with Crippen LogP contribution in [0.3, 0.4) is 0 Å². The van der Waals surface area contributed by atoms with Crippen LogP contribution in [0.5, 0.6) is 11.5 Å². The maximum atomic E-state index is 12.3. The van der Waals surface area contributed by atoms with Crippen LogP contribution in [-0.2, 0) is 16.0 Å². The van der Waals surface area contributed by atoms with Crippen LogP contribution in [0.25, 0.3) is 0 Å². The fourth-order valence-electron chi connectivity index (χ4n) is 4.65. The molecule has 0 saturated heterocycles. The summed E-state index contributed by atoms with van der Waals surface area (Å²) in [5.74, 6) is -0.319. The van der Waals surface area contributed by atoms with Crippen molar-refractivity contribution < 1.29 is 24.9 Å². The third-order valence-corrected chi connectivity index (χ3v) is 8.26. The normalized spacial score (nSPS) is 23.2. The lowest BCUT2D eigenvalue weighted by Gasteiger charge is -2.42. The number of nitrogens with zero attached hydrogens (tertiary/aromatic N) is 1. The van der Waals surface area contributed by atoms with Gasteiger partial charge in [-0.2, -0.15) is 0 Å². The number of aliphatic carboxylic acids is 1. The minimum Gasteiger partial charge on any atom is -0.507 e. The van der Waals surface area contributed by atoms with Gasteiger partial charge in [0.2, 0.25) is 0 Å².